The molecule has 0 amide bonds. The highest BCUT2D eigenvalue weighted by atomic mass is 79.9. The maximum absolute atomic E-state index is 4.22. The molecule has 1 heterocycles. The molecule has 0 fully saturated rings. The van der Waals surface area contributed by atoms with Gasteiger partial charge in [-0.05, 0) is 29.4 Å². The van der Waals surface area contributed by atoms with Crippen molar-refractivity contribution < 1.29 is 0 Å². The second-order valence-corrected chi connectivity index (χ2v) is 5.92. The molecule has 0 N–H and O–H groups in total. The molecule has 2 aromatic rings. The fourth-order valence-electron chi connectivity index (χ4n) is 2.18. The summed E-state index contributed by atoms with van der Waals surface area (Å²) >= 11 is 3.62. The van der Waals surface area contributed by atoms with E-state index in [1.807, 2.05) is 12.4 Å². The quantitative estimate of drug-likeness (QED) is 0.753. The fourth-order valence-corrected chi connectivity index (χ4v) is 2.74. The SMILES string of the molecule is CC(Br)CC(C)c1cccc2ccncc12. The fraction of sp³-hybridized carbons (Fsp3) is 0.357. The van der Waals surface area contributed by atoms with E-state index in [1.54, 1.807) is 0 Å². The lowest BCUT2D eigenvalue weighted by Crippen LogP contribution is -2.01. The number of halogens is 1. The van der Waals surface area contributed by atoms with Crippen molar-refractivity contribution in [2.75, 3.05) is 0 Å². The topological polar surface area (TPSA) is 12.9 Å². The summed E-state index contributed by atoms with van der Waals surface area (Å²) in [4.78, 5) is 4.77. The van der Waals surface area contributed by atoms with Crippen LogP contribution in [-0.2, 0) is 0 Å². The van der Waals surface area contributed by atoms with Gasteiger partial charge in [-0.1, -0.05) is 48.0 Å². The minimum absolute atomic E-state index is 0.550. The Labute approximate surface area is 105 Å². The largest absolute Gasteiger partial charge is 0.264 e. The van der Waals surface area contributed by atoms with Gasteiger partial charge in [-0.3, -0.25) is 4.98 Å². The van der Waals surface area contributed by atoms with E-state index in [9.17, 15) is 0 Å². The van der Waals surface area contributed by atoms with Crippen LogP contribution >= 0.6 is 15.9 Å². The van der Waals surface area contributed by atoms with Gasteiger partial charge in [0.25, 0.3) is 0 Å². The third-order valence-corrected chi connectivity index (χ3v) is 3.30. The lowest BCUT2D eigenvalue weighted by molar-refractivity contribution is 0.686. The molecule has 1 nitrogen and oxygen atoms in total. The van der Waals surface area contributed by atoms with Crippen molar-refractivity contribution in [3.63, 3.8) is 0 Å². The molecule has 0 saturated heterocycles. The Kier molecular flexibility index (Phi) is 3.59. The van der Waals surface area contributed by atoms with Crippen LogP contribution in [0.3, 0.4) is 0 Å². The first-order chi connectivity index (χ1) is 7.68. The van der Waals surface area contributed by atoms with Crippen LogP contribution in [0.1, 0.15) is 31.7 Å². The standard InChI is InChI=1S/C14H16BrN/c1-10(8-11(2)15)13-5-3-4-12-6-7-16-9-14(12)13/h3-7,9-11H,8H2,1-2H3. The maximum atomic E-state index is 4.22. The summed E-state index contributed by atoms with van der Waals surface area (Å²) in [5, 5.41) is 2.56. The summed E-state index contributed by atoms with van der Waals surface area (Å²) in [5.74, 6) is 0.558. The van der Waals surface area contributed by atoms with Crippen molar-refractivity contribution in [1.82, 2.24) is 4.98 Å². The summed E-state index contributed by atoms with van der Waals surface area (Å²) in [6.45, 7) is 4.47. The van der Waals surface area contributed by atoms with Crippen molar-refractivity contribution in [3.8, 4) is 0 Å². The molecule has 1 aromatic heterocycles. The van der Waals surface area contributed by atoms with Gasteiger partial charge in [0, 0.05) is 22.6 Å². The minimum atomic E-state index is 0.550. The monoisotopic (exact) mass is 277 g/mol. The first-order valence-electron chi connectivity index (χ1n) is 5.65. The number of alkyl halides is 1. The number of hydrogen-bond donors (Lipinski definition) is 0. The Balaban J connectivity index is 2.44. The van der Waals surface area contributed by atoms with Gasteiger partial charge in [-0.15, -0.1) is 0 Å². The Hall–Kier alpha value is -0.890. The van der Waals surface area contributed by atoms with Crippen molar-refractivity contribution in [2.45, 2.75) is 31.0 Å². The van der Waals surface area contributed by atoms with Crippen molar-refractivity contribution in [3.05, 3.63) is 42.2 Å². The van der Waals surface area contributed by atoms with Gasteiger partial charge in [-0.25, -0.2) is 0 Å². The van der Waals surface area contributed by atoms with E-state index >= 15 is 0 Å². The molecule has 16 heavy (non-hydrogen) atoms. The third-order valence-electron chi connectivity index (χ3n) is 2.93. The van der Waals surface area contributed by atoms with Gasteiger partial charge in [0.05, 0.1) is 0 Å². The third kappa shape index (κ3) is 2.43. The van der Waals surface area contributed by atoms with Crippen LogP contribution in [0.4, 0.5) is 0 Å². The lowest BCUT2D eigenvalue weighted by atomic mass is 9.92. The highest BCUT2D eigenvalue weighted by Gasteiger charge is 2.11. The summed E-state index contributed by atoms with van der Waals surface area (Å²) in [7, 11) is 0. The van der Waals surface area contributed by atoms with E-state index in [-0.39, 0.29) is 0 Å². The van der Waals surface area contributed by atoms with Crippen LogP contribution in [0.5, 0.6) is 0 Å². The molecule has 0 aliphatic rings. The molecule has 84 valence electrons. The second kappa shape index (κ2) is 4.96. The summed E-state index contributed by atoms with van der Waals surface area (Å²) < 4.78 is 0. The van der Waals surface area contributed by atoms with E-state index in [0.717, 1.165) is 6.42 Å². The zero-order valence-electron chi connectivity index (χ0n) is 9.65. The molecule has 1 aromatic carbocycles. The molecular formula is C14H16BrN. The Morgan fingerprint density at radius 1 is 1.25 bits per heavy atom. The van der Waals surface area contributed by atoms with Gasteiger partial charge in [-0.2, -0.15) is 0 Å². The molecule has 2 atom stereocenters. The van der Waals surface area contributed by atoms with Crippen molar-refractivity contribution in [1.29, 1.82) is 0 Å². The first kappa shape index (κ1) is 11.6. The molecule has 2 rings (SSSR count). The van der Waals surface area contributed by atoms with E-state index in [0.29, 0.717) is 10.7 Å². The van der Waals surface area contributed by atoms with Crippen LogP contribution < -0.4 is 0 Å². The molecule has 0 aliphatic heterocycles. The number of hydrogen-bond acceptors (Lipinski definition) is 1. The van der Waals surface area contributed by atoms with Crippen LogP contribution in [0.25, 0.3) is 10.8 Å². The van der Waals surface area contributed by atoms with Gasteiger partial charge in [0.1, 0.15) is 0 Å². The predicted molar refractivity (Wildman–Crippen MR) is 73.2 cm³/mol. The second-order valence-electron chi connectivity index (χ2n) is 4.36. The smallest absolute Gasteiger partial charge is 0.0349 e. The summed E-state index contributed by atoms with van der Waals surface area (Å²) in [6, 6.07) is 8.56. The van der Waals surface area contributed by atoms with E-state index in [1.165, 1.54) is 16.3 Å². The summed E-state index contributed by atoms with van der Waals surface area (Å²) in [6.07, 6.45) is 4.97. The zero-order chi connectivity index (χ0) is 11.5. The van der Waals surface area contributed by atoms with Crippen LogP contribution in [0.15, 0.2) is 36.7 Å². The first-order valence-corrected chi connectivity index (χ1v) is 6.56. The molecule has 2 unspecified atom stereocenters. The Bertz CT molecular complexity index is 474. The highest BCUT2D eigenvalue weighted by Crippen LogP contribution is 2.29. The number of benzene rings is 1. The van der Waals surface area contributed by atoms with E-state index in [4.69, 9.17) is 0 Å². The Morgan fingerprint density at radius 3 is 2.81 bits per heavy atom. The van der Waals surface area contributed by atoms with Gasteiger partial charge < -0.3 is 0 Å². The lowest BCUT2D eigenvalue weighted by Gasteiger charge is -2.15. The van der Waals surface area contributed by atoms with Crippen molar-refractivity contribution in [2.24, 2.45) is 0 Å². The molecular weight excluding hydrogens is 262 g/mol. The number of aromatic nitrogens is 1. The molecule has 0 spiro atoms. The van der Waals surface area contributed by atoms with Gasteiger partial charge in [0.2, 0.25) is 0 Å². The van der Waals surface area contributed by atoms with Gasteiger partial charge in [0.15, 0.2) is 0 Å². The predicted octanol–water partition coefficient (Wildman–Crippen LogP) is 4.51. The average Bonchev–Trinajstić information content (AvgIpc) is 2.27. The average molecular weight is 278 g/mol. The van der Waals surface area contributed by atoms with Gasteiger partial charge >= 0.3 is 0 Å². The number of rotatable bonds is 3. The van der Waals surface area contributed by atoms with Crippen LogP contribution in [0, 0.1) is 0 Å². The highest BCUT2D eigenvalue weighted by molar-refractivity contribution is 9.09. The molecule has 0 radical (unpaired) electrons. The Morgan fingerprint density at radius 2 is 2.06 bits per heavy atom. The van der Waals surface area contributed by atoms with Crippen LogP contribution in [-0.4, -0.2) is 9.81 Å². The minimum Gasteiger partial charge on any atom is -0.264 e. The normalized spacial score (nSPS) is 14.9. The molecule has 0 saturated carbocycles. The van der Waals surface area contributed by atoms with E-state index in [2.05, 4.69) is 59.0 Å². The van der Waals surface area contributed by atoms with Crippen molar-refractivity contribution >= 4 is 26.7 Å². The number of pyridine rings is 1. The van der Waals surface area contributed by atoms with Crippen LogP contribution in [0.2, 0.25) is 0 Å². The molecule has 0 aliphatic carbocycles. The van der Waals surface area contributed by atoms with E-state index < -0.39 is 0 Å². The molecule has 2 heteroatoms. The number of nitrogens with zero attached hydrogens (tertiary/aromatic N) is 1. The maximum Gasteiger partial charge on any atom is 0.0349 e. The zero-order valence-corrected chi connectivity index (χ0v) is 11.2. The molecule has 0 bridgehead atoms. The number of fused-ring (bicyclic) bond motifs is 1. The summed E-state index contributed by atoms with van der Waals surface area (Å²) in [5.41, 5.74) is 1.40.